The minimum Gasteiger partial charge on any atom is -0.466 e. The number of aromatic nitrogens is 2. The quantitative estimate of drug-likeness (QED) is 0.365. The Balaban J connectivity index is 2.50. The van der Waals surface area contributed by atoms with Gasteiger partial charge < -0.3 is 15.2 Å². The van der Waals surface area contributed by atoms with E-state index in [1.807, 2.05) is 0 Å². The zero-order valence-electron chi connectivity index (χ0n) is 11.4. The number of nitrogens with one attached hydrogen (secondary N) is 1. The predicted molar refractivity (Wildman–Crippen MR) is 69.1 cm³/mol. The maximum absolute atomic E-state index is 11.7. The molecule has 10 heteroatoms. The largest absolute Gasteiger partial charge is 0.466 e. The van der Waals surface area contributed by atoms with Crippen molar-refractivity contribution >= 4 is 17.6 Å². The molecule has 0 aliphatic heterocycles. The molecule has 116 valence electrons. The number of hydrogen-bond acceptors (Lipinski definition) is 7. The van der Waals surface area contributed by atoms with Crippen molar-refractivity contribution in [2.24, 2.45) is 0 Å². The number of nitro groups is 1. The van der Waals surface area contributed by atoms with Crippen LogP contribution in [0.5, 0.6) is 0 Å². The van der Waals surface area contributed by atoms with Gasteiger partial charge in [0, 0.05) is 0 Å². The Bertz CT molecular complexity index is 515. The van der Waals surface area contributed by atoms with E-state index < -0.39 is 29.4 Å². The number of hydrogen-bond donors (Lipinski definition) is 2. The second-order valence-electron chi connectivity index (χ2n) is 4.11. The van der Waals surface area contributed by atoms with Gasteiger partial charge >= 0.3 is 11.7 Å². The Kier molecular flexibility index (Phi) is 6.27. The standard InChI is InChI=1S/C11H16N4O6/c1-2-21-11(18)3-8(7-16)13-10(17)6-14-5-9(4-12-14)15(19)20/h4-5,8,16H,2-3,6-7H2,1H3,(H,13,17)/t8-/m0/s1. The van der Waals surface area contributed by atoms with E-state index in [9.17, 15) is 19.7 Å². The Morgan fingerprint density at radius 2 is 2.33 bits per heavy atom. The SMILES string of the molecule is CCOC(=O)C[C@@H](CO)NC(=O)Cn1cc([N+](=O)[O-])cn1. The molecule has 1 atom stereocenters. The zero-order chi connectivity index (χ0) is 15.8. The molecule has 2 N–H and O–H groups in total. The lowest BCUT2D eigenvalue weighted by Gasteiger charge is -2.15. The summed E-state index contributed by atoms with van der Waals surface area (Å²) >= 11 is 0. The molecule has 1 amide bonds. The molecule has 1 rings (SSSR count). The fraction of sp³-hybridized carbons (Fsp3) is 0.545. The Hall–Kier alpha value is -2.49. The maximum atomic E-state index is 11.7. The summed E-state index contributed by atoms with van der Waals surface area (Å²) in [7, 11) is 0. The Labute approximate surface area is 119 Å². The lowest BCUT2D eigenvalue weighted by Crippen LogP contribution is -2.41. The van der Waals surface area contributed by atoms with Crippen molar-refractivity contribution in [1.82, 2.24) is 15.1 Å². The Morgan fingerprint density at radius 3 is 2.86 bits per heavy atom. The summed E-state index contributed by atoms with van der Waals surface area (Å²) in [5.41, 5.74) is -0.229. The normalized spacial score (nSPS) is 11.7. The molecule has 0 aliphatic rings. The molecule has 21 heavy (non-hydrogen) atoms. The van der Waals surface area contributed by atoms with Crippen molar-refractivity contribution in [3.05, 3.63) is 22.5 Å². The summed E-state index contributed by atoms with van der Waals surface area (Å²) in [6.07, 6.45) is 1.98. The van der Waals surface area contributed by atoms with Crippen molar-refractivity contribution < 1.29 is 24.4 Å². The van der Waals surface area contributed by atoms with Gasteiger partial charge in [0.25, 0.3) is 0 Å². The average Bonchev–Trinajstić information content (AvgIpc) is 2.86. The number of esters is 1. The van der Waals surface area contributed by atoms with Gasteiger partial charge in [0.2, 0.25) is 5.91 Å². The van der Waals surface area contributed by atoms with Gasteiger partial charge in [-0.25, -0.2) is 0 Å². The van der Waals surface area contributed by atoms with Crippen LogP contribution in [0.15, 0.2) is 12.4 Å². The number of nitrogens with zero attached hydrogens (tertiary/aromatic N) is 3. The van der Waals surface area contributed by atoms with E-state index in [0.717, 1.165) is 17.1 Å². The summed E-state index contributed by atoms with van der Waals surface area (Å²) in [6, 6.07) is -0.776. The van der Waals surface area contributed by atoms with Gasteiger partial charge in [-0.2, -0.15) is 5.10 Å². The zero-order valence-corrected chi connectivity index (χ0v) is 11.4. The van der Waals surface area contributed by atoms with Crippen LogP contribution in [0.25, 0.3) is 0 Å². The van der Waals surface area contributed by atoms with Gasteiger partial charge in [0.05, 0.1) is 30.6 Å². The van der Waals surface area contributed by atoms with Crippen molar-refractivity contribution in [3.8, 4) is 0 Å². The van der Waals surface area contributed by atoms with E-state index in [0.29, 0.717) is 0 Å². The highest BCUT2D eigenvalue weighted by Crippen LogP contribution is 2.07. The molecule has 1 heterocycles. The Morgan fingerprint density at radius 1 is 1.62 bits per heavy atom. The molecule has 0 aromatic carbocycles. The molecule has 0 saturated carbocycles. The molecule has 0 saturated heterocycles. The summed E-state index contributed by atoms with van der Waals surface area (Å²) in [4.78, 5) is 32.8. The molecule has 0 fully saturated rings. The molecular formula is C11H16N4O6. The number of ether oxygens (including phenoxy) is 1. The highest BCUT2D eigenvalue weighted by Gasteiger charge is 2.17. The highest BCUT2D eigenvalue weighted by molar-refractivity contribution is 5.77. The van der Waals surface area contributed by atoms with Crippen molar-refractivity contribution in [1.29, 1.82) is 0 Å². The topological polar surface area (TPSA) is 137 Å². The third kappa shape index (κ3) is 5.57. The molecule has 10 nitrogen and oxygen atoms in total. The second kappa shape index (κ2) is 7.94. The van der Waals surface area contributed by atoms with Crippen LogP contribution >= 0.6 is 0 Å². The van der Waals surface area contributed by atoms with Crippen LogP contribution in [-0.2, 0) is 20.9 Å². The van der Waals surface area contributed by atoms with Gasteiger partial charge in [-0.05, 0) is 6.92 Å². The van der Waals surface area contributed by atoms with Crippen LogP contribution < -0.4 is 5.32 Å². The van der Waals surface area contributed by atoms with Gasteiger partial charge in [0.1, 0.15) is 18.9 Å². The summed E-state index contributed by atoms with van der Waals surface area (Å²) in [6.45, 7) is 1.17. The first-order valence-corrected chi connectivity index (χ1v) is 6.19. The summed E-state index contributed by atoms with van der Waals surface area (Å²) in [5.74, 6) is -1.07. The van der Waals surface area contributed by atoms with E-state index in [2.05, 4.69) is 10.4 Å². The van der Waals surface area contributed by atoms with Crippen molar-refractivity contribution in [2.45, 2.75) is 25.9 Å². The lowest BCUT2D eigenvalue weighted by atomic mass is 10.2. The van der Waals surface area contributed by atoms with E-state index >= 15 is 0 Å². The first-order valence-electron chi connectivity index (χ1n) is 6.19. The smallest absolute Gasteiger partial charge is 0.307 e. The van der Waals surface area contributed by atoms with Gasteiger partial charge in [-0.1, -0.05) is 0 Å². The van der Waals surface area contributed by atoms with Gasteiger partial charge in [-0.15, -0.1) is 0 Å². The van der Waals surface area contributed by atoms with Crippen LogP contribution in [0.1, 0.15) is 13.3 Å². The van der Waals surface area contributed by atoms with Gasteiger partial charge in [-0.3, -0.25) is 24.4 Å². The molecule has 0 unspecified atom stereocenters. The molecule has 1 aromatic rings. The van der Waals surface area contributed by atoms with Crippen LogP contribution in [0.2, 0.25) is 0 Å². The third-order valence-corrected chi connectivity index (χ3v) is 2.44. The first kappa shape index (κ1) is 16.6. The molecule has 1 aromatic heterocycles. The lowest BCUT2D eigenvalue weighted by molar-refractivity contribution is -0.385. The fourth-order valence-electron chi connectivity index (χ4n) is 1.54. The molecule has 0 bridgehead atoms. The monoisotopic (exact) mass is 300 g/mol. The second-order valence-corrected chi connectivity index (χ2v) is 4.11. The minimum absolute atomic E-state index is 0.157. The van der Waals surface area contributed by atoms with Crippen molar-refractivity contribution in [3.63, 3.8) is 0 Å². The minimum atomic E-state index is -0.776. The van der Waals surface area contributed by atoms with E-state index in [1.165, 1.54) is 0 Å². The van der Waals surface area contributed by atoms with Crippen LogP contribution in [0.3, 0.4) is 0 Å². The van der Waals surface area contributed by atoms with Crippen LogP contribution in [0, 0.1) is 10.1 Å². The number of aliphatic hydroxyl groups excluding tert-OH is 1. The van der Waals surface area contributed by atoms with E-state index in [4.69, 9.17) is 9.84 Å². The predicted octanol–water partition coefficient (Wildman–Crippen LogP) is -0.778. The van der Waals surface area contributed by atoms with Crippen LogP contribution in [0.4, 0.5) is 5.69 Å². The molecule has 0 spiro atoms. The number of aliphatic hydroxyl groups is 1. The number of rotatable bonds is 8. The first-order chi connectivity index (χ1) is 9.96. The van der Waals surface area contributed by atoms with Gasteiger partial charge in [0.15, 0.2) is 0 Å². The highest BCUT2D eigenvalue weighted by atomic mass is 16.6. The molecule has 0 aliphatic carbocycles. The molecule has 0 radical (unpaired) electrons. The average molecular weight is 300 g/mol. The summed E-state index contributed by atoms with van der Waals surface area (Å²) in [5, 5.41) is 25.7. The summed E-state index contributed by atoms with van der Waals surface area (Å²) < 4.78 is 5.80. The fourth-order valence-corrected chi connectivity index (χ4v) is 1.54. The van der Waals surface area contributed by atoms with Crippen LogP contribution in [-0.4, -0.2) is 50.9 Å². The number of carbonyl (C=O) groups excluding carboxylic acids is 2. The third-order valence-electron chi connectivity index (χ3n) is 2.44. The van der Waals surface area contributed by atoms with E-state index in [-0.39, 0.29) is 25.3 Å². The van der Waals surface area contributed by atoms with Crippen molar-refractivity contribution in [2.75, 3.05) is 13.2 Å². The molecular weight excluding hydrogens is 284 g/mol. The van der Waals surface area contributed by atoms with E-state index in [1.54, 1.807) is 6.92 Å². The number of carbonyl (C=O) groups is 2. The maximum Gasteiger partial charge on any atom is 0.307 e. The number of amides is 1.